The lowest BCUT2D eigenvalue weighted by atomic mass is 10.1. The lowest BCUT2D eigenvalue weighted by Crippen LogP contribution is -2.08. The zero-order valence-corrected chi connectivity index (χ0v) is 18.1. The highest BCUT2D eigenvalue weighted by atomic mass is 35.5. The summed E-state index contributed by atoms with van der Waals surface area (Å²) in [5.41, 5.74) is 1.92. The van der Waals surface area contributed by atoms with E-state index in [0.717, 1.165) is 0 Å². The minimum atomic E-state index is -2.99. The Morgan fingerprint density at radius 2 is 1.94 bits per heavy atom. The molecule has 0 saturated carbocycles. The summed E-state index contributed by atoms with van der Waals surface area (Å²) in [6, 6.07) is 11.0. The molecule has 0 spiro atoms. The van der Waals surface area contributed by atoms with Gasteiger partial charge in [-0.1, -0.05) is 16.8 Å². The molecule has 11 heteroatoms. The molecule has 170 valence electrons. The summed E-state index contributed by atoms with van der Waals surface area (Å²) in [5, 5.41) is 5.05. The Morgan fingerprint density at radius 1 is 1.12 bits per heavy atom. The summed E-state index contributed by atoms with van der Waals surface area (Å²) in [7, 11) is 1.32. The van der Waals surface area contributed by atoms with Gasteiger partial charge in [-0.25, -0.2) is 4.79 Å². The Kier molecular flexibility index (Phi) is 6.36. The first kappa shape index (κ1) is 22.4. The van der Waals surface area contributed by atoms with Gasteiger partial charge in [0.2, 0.25) is 5.82 Å². The maximum Gasteiger partial charge on any atom is 0.387 e. The van der Waals surface area contributed by atoms with Crippen molar-refractivity contribution in [3.63, 3.8) is 0 Å². The molecule has 0 bridgehead atoms. The number of pyridine rings is 1. The zero-order chi connectivity index (χ0) is 23.5. The summed E-state index contributed by atoms with van der Waals surface area (Å²) >= 11 is 6.01. The number of ether oxygens (including phenoxy) is 3. The number of benzene rings is 2. The molecule has 8 nitrogen and oxygen atoms in total. The number of rotatable bonds is 7. The molecular formula is C22H16ClF2N3O5. The van der Waals surface area contributed by atoms with E-state index in [2.05, 4.69) is 19.9 Å². The molecule has 2 aromatic heterocycles. The molecule has 0 N–H and O–H groups in total. The van der Waals surface area contributed by atoms with Crippen LogP contribution >= 0.6 is 11.6 Å². The second kappa shape index (κ2) is 9.37. The lowest BCUT2D eigenvalue weighted by Gasteiger charge is -2.10. The van der Waals surface area contributed by atoms with Crippen molar-refractivity contribution in [3.8, 4) is 22.9 Å². The van der Waals surface area contributed by atoms with E-state index in [4.69, 9.17) is 25.6 Å². The lowest BCUT2D eigenvalue weighted by molar-refractivity contribution is -0.0512. The minimum absolute atomic E-state index is 0.0414. The number of methoxy groups -OCH3 is 1. The van der Waals surface area contributed by atoms with Crippen LogP contribution in [-0.4, -0.2) is 34.8 Å². The third kappa shape index (κ3) is 5.01. The monoisotopic (exact) mass is 475 g/mol. The van der Waals surface area contributed by atoms with Crippen LogP contribution in [0.2, 0.25) is 5.02 Å². The Morgan fingerprint density at radius 3 is 2.70 bits per heavy atom. The SMILES string of the molecule is COc1cc(-c2noc(COC(=O)c3cc4cc(Cl)ccc4nc3C)n2)ccc1OC(F)F. The van der Waals surface area contributed by atoms with Crippen LogP contribution in [0.1, 0.15) is 21.9 Å². The number of nitrogens with zero attached hydrogens (tertiary/aromatic N) is 3. The number of aromatic nitrogens is 3. The first-order valence-corrected chi connectivity index (χ1v) is 9.91. The molecule has 0 atom stereocenters. The van der Waals surface area contributed by atoms with E-state index < -0.39 is 12.6 Å². The van der Waals surface area contributed by atoms with Crippen molar-refractivity contribution < 1.29 is 32.3 Å². The fourth-order valence-electron chi connectivity index (χ4n) is 3.09. The zero-order valence-electron chi connectivity index (χ0n) is 17.3. The topological polar surface area (TPSA) is 96.6 Å². The molecule has 0 aliphatic rings. The Labute approximate surface area is 191 Å². The van der Waals surface area contributed by atoms with Gasteiger partial charge in [0.15, 0.2) is 18.1 Å². The number of esters is 1. The van der Waals surface area contributed by atoms with E-state index in [0.29, 0.717) is 27.2 Å². The normalized spacial score (nSPS) is 11.1. The average molecular weight is 476 g/mol. The number of hydrogen-bond acceptors (Lipinski definition) is 8. The van der Waals surface area contributed by atoms with Crippen LogP contribution in [-0.2, 0) is 11.3 Å². The summed E-state index contributed by atoms with van der Waals surface area (Å²) < 4.78 is 44.8. The molecule has 2 aromatic carbocycles. The van der Waals surface area contributed by atoms with E-state index in [-0.39, 0.29) is 35.4 Å². The fraction of sp³-hybridized carbons (Fsp3) is 0.182. The number of alkyl halides is 2. The quantitative estimate of drug-likeness (QED) is 0.336. The van der Waals surface area contributed by atoms with Crippen molar-refractivity contribution in [2.45, 2.75) is 20.1 Å². The molecule has 33 heavy (non-hydrogen) atoms. The highest BCUT2D eigenvalue weighted by Gasteiger charge is 2.18. The van der Waals surface area contributed by atoms with Crippen LogP contribution in [0.4, 0.5) is 8.78 Å². The van der Waals surface area contributed by atoms with Crippen molar-refractivity contribution >= 4 is 28.5 Å². The van der Waals surface area contributed by atoms with Gasteiger partial charge in [-0.05, 0) is 49.4 Å². The smallest absolute Gasteiger partial charge is 0.387 e. The Balaban J connectivity index is 1.48. The van der Waals surface area contributed by atoms with Crippen molar-refractivity contribution in [1.82, 2.24) is 15.1 Å². The van der Waals surface area contributed by atoms with Crippen molar-refractivity contribution in [2.24, 2.45) is 0 Å². The Bertz CT molecular complexity index is 1330. The van der Waals surface area contributed by atoms with Crippen molar-refractivity contribution in [3.05, 3.63) is 64.6 Å². The van der Waals surface area contributed by atoms with Crippen LogP contribution in [0, 0.1) is 6.92 Å². The highest BCUT2D eigenvalue weighted by Crippen LogP contribution is 2.32. The standard InChI is InChI=1S/C22H16ClF2N3O5/c1-11-15(8-13-7-14(23)4-5-16(13)26-11)21(29)31-10-19-27-20(28-33-19)12-3-6-17(32-22(24)25)18(9-12)30-2/h3-9,22H,10H2,1-2H3. The number of halogens is 3. The third-order valence-electron chi connectivity index (χ3n) is 4.62. The van der Waals surface area contributed by atoms with Crippen LogP contribution in [0.5, 0.6) is 11.5 Å². The second-order valence-corrected chi connectivity index (χ2v) is 7.23. The van der Waals surface area contributed by atoms with Crippen LogP contribution in [0.25, 0.3) is 22.3 Å². The van der Waals surface area contributed by atoms with Gasteiger partial charge in [0.25, 0.3) is 5.89 Å². The maximum atomic E-state index is 12.6. The van der Waals surface area contributed by atoms with E-state index in [9.17, 15) is 13.6 Å². The van der Waals surface area contributed by atoms with Gasteiger partial charge in [-0.2, -0.15) is 13.8 Å². The molecule has 0 saturated heterocycles. The molecular weight excluding hydrogens is 460 g/mol. The molecule has 0 radical (unpaired) electrons. The molecule has 0 aliphatic carbocycles. The van der Waals surface area contributed by atoms with Crippen molar-refractivity contribution in [2.75, 3.05) is 7.11 Å². The number of carbonyl (C=O) groups excluding carboxylic acids is 1. The van der Waals surface area contributed by atoms with E-state index in [1.165, 1.54) is 25.3 Å². The summed E-state index contributed by atoms with van der Waals surface area (Å²) in [6.07, 6.45) is 0. The second-order valence-electron chi connectivity index (χ2n) is 6.79. The van der Waals surface area contributed by atoms with Gasteiger partial charge < -0.3 is 18.7 Å². The number of carbonyl (C=O) groups is 1. The highest BCUT2D eigenvalue weighted by molar-refractivity contribution is 6.31. The predicted octanol–water partition coefficient (Wildman–Crippen LogP) is 5.21. The maximum absolute atomic E-state index is 12.6. The minimum Gasteiger partial charge on any atom is -0.493 e. The number of hydrogen-bond donors (Lipinski definition) is 0. The average Bonchev–Trinajstić information content (AvgIpc) is 3.26. The van der Waals surface area contributed by atoms with Gasteiger partial charge in [-0.3, -0.25) is 4.98 Å². The van der Waals surface area contributed by atoms with Gasteiger partial charge in [0.05, 0.1) is 23.9 Å². The first-order valence-electron chi connectivity index (χ1n) is 9.54. The fourth-order valence-corrected chi connectivity index (χ4v) is 3.27. The van der Waals surface area contributed by atoms with Gasteiger partial charge >= 0.3 is 12.6 Å². The van der Waals surface area contributed by atoms with E-state index >= 15 is 0 Å². The van der Waals surface area contributed by atoms with Gasteiger partial charge in [-0.15, -0.1) is 0 Å². The summed E-state index contributed by atoms with van der Waals surface area (Å²) in [5.74, 6) is -0.475. The van der Waals surface area contributed by atoms with Crippen LogP contribution in [0.3, 0.4) is 0 Å². The molecule has 0 aliphatic heterocycles. The molecule has 0 amide bonds. The van der Waals surface area contributed by atoms with Crippen LogP contribution < -0.4 is 9.47 Å². The largest absolute Gasteiger partial charge is 0.493 e. The summed E-state index contributed by atoms with van der Waals surface area (Å²) in [4.78, 5) is 21.1. The first-order chi connectivity index (χ1) is 15.8. The summed E-state index contributed by atoms with van der Waals surface area (Å²) in [6.45, 7) is -1.57. The number of fused-ring (bicyclic) bond motifs is 1. The van der Waals surface area contributed by atoms with E-state index in [1.807, 2.05) is 0 Å². The predicted molar refractivity (Wildman–Crippen MR) is 114 cm³/mol. The van der Waals surface area contributed by atoms with Gasteiger partial charge in [0, 0.05) is 16.0 Å². The molecule has 2 heterocycles. The van der Waals surface area contributed by atoms with Crippen LogP contribution in [0.15, 0.2) is 47.0 Å². The molecule has 0 unspecified atom stereocenters. The Hall–Kier alpha value is -3.79. The van der Waals surface area contributed by atoms with Gasteiger partial charge in [0.1, 0.15) is 0 Å². The molecule has 4 rings (SSSR count). The third-order valence-corrected chi connectivity index (χ3v) is 4.86. The number of aryl methyl sites for hydroxylation is 1. The van der Waals surface area contributed by atoms with Crippen molar-refractivity contribution in [1.29, 1.82) is 0 Å². The molecule has 0 fully saturated rings. The van der Waals surface area contributed by atoms with E-state index in [1.54, 1.807) is 31.2 Å². The molecule has 4 aromatic rings.